The zero-order valence-electron chi connectivity index (χ0n) is 19.7. The molecule has 0 spiro atoms. The van der Waals surface area contributed by atoms with Gasteiger partial charge in [-0.3, -0.25) is 4.79 Å². The van der Waals surface area contributed by atoms with E-state index in [9.17, 15) is 13.2 Å². The Balaban J connectivity index is 1.39. The summed E-state index contributed by atoms with van der Waals surface area (Å²) in [6.45, 7) is 5.16. The average Bonchev–Trinajstić information content (AvgIpc) is 3.12. The van der Waals surface area contributed by atoms with E-state index in [2.05, 4.69) is 41.1 Å². The van der Waals surface area contributed by atoms with Crippen LogP contribution in [-0.2, 0) is 28.3 Å². The van der Waals surface area contributed by atoms with E-state index in [4.69, 9.17) is 0 Å². The molecule has 0 aliphatic carbocycles. The first-order chi connectivity index (χ1) is 15.7. The summed E-state index contributed by atoms with van der Waals surface area (Å²) >= 11 is 0. The number of amides is 1. The van der Waals surface area contributed by atoms with Gasteiger partial charge in [-0.25, -0.2) is 17.7 Å². The Morgan fingerprint density at radius 1 is 1.06 bits per heavy atom. The van der Waals surface area contributed by atoms with Gasteiger partial charge in [-0.05, 0) is 42.8 Å². The van der Waals surface area contributed by atoms with Gasteiger partial charge in [0, 0.05) is 65.9 Å². The highest BCUT2D eigenvalue weighted by molar-refractivity contribution is 7.89. The van der Waals surface area contributed by atoms with Crippen molar-refractivity contribution in [1.82, 2.24) is 18.8 Å². The summed E-state index contributed by atoms with van der Waals surface area (Å²) in [4.78, 5) is 21.9. The van der Waals surface area contributed by atoms with E-state index < -0.39 is 10.0 Å². The van der Waals surface area contributed by atoms with Gasteiger partial charge in [-0.15, -0.1) is 0 Å². The molecular formula is C24H31N5O3S. The maximum atomic E-state index is 12.8. The average molecular weight is 470 g/mol. The van der Waals surface area contributed by atoms with Crippen LogP contribution in [0.4, 0.5) is 5.69 Å². The standard InChI is InChI=1S/C24H31N5O3S/c1-18-6-5-7-19(16-18)28-12-14-29(15-13-28)24(30)11-10-23-25-21-17-20(33(31,32)26(2)3)8-9-22(21)27(23)4/h5-9,16-17H,10-15H2,1-4H3. The topological polar surface area (TPSA) is 78.8 Å². The molecule has 0 unspecified atom stereocenters. The Morgan fingerprint density at radius 3 is 2.45 bits per heavy atom. The fourth-order valence-corrected chi connectivity index (χ4v) is 5.16. The maximum Gasteiger partial charge on any atom is 0.242 e. The normalized spacial score (nSPS) is 14.9. The van der Waals surface area contributed by atoms with Crippen molar-refractivity contribution in [3.8, 4) is 0 Å². The summed E-state index contributed by atoms with van der Waals surface area (Å²) in [5.74, 6) is 0.901. The van der Waals surface area contributed by atoms with Crippen LogP contribution < -0.4 is 4.90 Å². The number of aryl methyl sites for hydroxylation is 3. The summed E-state index contributed by atoms with van der Waals surface area (Å²) in [6.07, 6.45) is 0.891. The van der Waals surface area contributed by atoms with Crippen LogP contribution >= 0.6 is 0 Å². The molecular weight excluding hydrogens is 438 g/mol. The van der Waals surface area contributed by atoms with Crippen LogP contribution in [0.1, 0.15) is 17.8 Å². The largest absolute Gasteiger partial charge is 0.368 e. The van der Waals surface area contributed by atoms with Gasteiger partial charge >= 0.3 is 0 Å². The fraction of sp³-hybridized carbons (Fsp3) is 0.417. The lowest BCUT2D eigenvalue weighted by atomic mass is 10.2. The number of piperazine rings is 1. The van der Waals surface area contributed by atoms with Crippen molar-refractivity contribution in [2.75, 3.05) is 45.2 Å². The van der Waals surface area contributed by atoms with E-state index in [0.29, 0.717) is 31.4 Å². The summed E-state index contributed by atoms with van der Waals surface area (Å²) < 4.78 is 28.0. The molecule has 33 heavy (non-hydrogen) atoms. The number of hydrogen-bond acceptors (Lipinski definition) is 5. The highest BCUT2D eigenvalue weighted by Gasteiger charge is 2.23. The first-order valence-corrected chi connectivity index (χ1v) is 12.6. The van der Waals surface area contributed by atoms with Crippen molar-refractivity contribution >= 4 is 32.7 Å². The van der Waals surface area contributed by atoms with Crippen LogP contribution in [-0.4, -0.2) is 73.4 Å². The fourth-order valence-electron chi connectivity index (χ4n) is 4.24. The zero-order valence-corrected chi connectivity index (χ0v) is 20.5. The number of aromatic nitrogens is 2. The molecule has 176 valence electrons. The number of rotatable bonds is 6. The predicted molar refractivity (Wildman–Crippen MR) is 130 cm³/mol. The van der Waals surface area contributed by atoms with Crippen molar-refractivity contribution in [2.24, 2.45) is 7.05 Å². The number of imidazole rings is 1. The Labute approximate surface area is 195 Å². The van der Waals surface area contributed by atoms with Gasteiger partial charge in [-0.1, -0.05) is 12.1 Å². The number of nitrogens with zero attached hydrogens (tertiary/aromatic N) is 5. The molecule has 1 aliphatic heterocycles. The van der Waals surface area contributed by atoms with Crippen LogP contribution in [0.5, 0.6) is 0 Å². The number of carbonyl (C=O) groups excluding carboxylic acids is 1. The highest BCUT2D eigenvalue weighted by Crippen LogP contribution is 2.22. The lowest BCUT2D eigenvalue weighted by Crippen LogP contribution is -2.48. The molecule has 8 nitrogen and oxygen atoms in total. The quantitative estimate of drug-likeness (QED) is 0.554. The van der Waals surface area contributed by atoms with Crippen molar-refractivity contribution in [2.45, 2.75) is 24.7 Å². The van der Waals surface area contributed by atoms with Crippen LogP contribution in [0, 0.1) is 6.92 Å². The molecule has 0 radical (unpaired) electrons. The molecule has 4 rings (SSSR count). The van der Waals surface area contributed by atoms with Gasteiger partial charge in [0.05, 0.1) is 15.9 Å². The molecule has 2 aromatic carbocycles. The van der Waals surface area contributed by atoms with E-state index in [1.807, 2.05) is 16.5 Å². The molecule has 1 fully saturated rings. The second-order valence-corrected chi connectivity index (χ2v) is 10.9. The first-order valence-electron chi connectivity index (χ1n) is 11.1. The third-order valence-corrected chi connectivity index (χ3v) is 8.10. The van der Waals surface area contributed by atoms with Crippen LogP contribution in [0.25, 0.3) is 11.0 Å². The van der Waals surface area contributed by atoms with Gasteiger partial charge in [0.1, 0.15) is 5.82 Å². The zero-order chi connectivity index (χ0) is 23.8. The number of benzene rings is 2. The van der Waals surface area contributed by atoms with E-state index in [1.165, 1.54) is 29.7 Å². The van der Waals surface area contributed by atoms with Crippen molar-refractivity contribution < 1.29 is 13.2 Å². The SMILES string of the molecule is Cc1cccc(N2CCN(C(=O)CCc3nc4cc(S(=O)(=O)N(C)C)ccc4n3C)CC2)c1. The van der Waals surface area contributed by atoms with E-state index in [1.54, 1.807) is 18.2 Å². The highest BCUT2D eigenvalue weighted by atomic mass is 32.2. The Morgan fingerprint density at radius 2 is 1.79 bits per heavy atom. The van der Waals surface area contributed by atoms with Crippen LogP contribution in [0.3, 0.4) is 0 Å². The van der Waals surface area contributed by atoms with Crippen LogP contribution in [0.15, 0.2) is 47.4 Å². The number of sulfonamides is 1. The smallest absolute Gasteiger partial charge is 0.242 e. The Bertz CT molecular complexity index is 1270. The lowest BCUT2D eigenvalue weighted by Gasteiger charge is -2.36. The van der Waals surface area contributed by atoms with Gasteiger partial charge in [-0.2, -0.15) is 0 Å². The monoisotopic (exact) mass is 469 g/mol. The molecule has 1 aromatic heterocycles. The molecule has 1 aliphatic rings. The number of anilines is 1. The van der Waals surface area contributed by atoms with Crippen molar-refractivity contribution in [3.05, 3.63) is 53.9 Å². The van der Waals surface area contributed by atoms with Crippen molar-refractivity contribution in [3.63, 3.8) is 0 Å². The second kappa shape index (κ2) is 9.15. The summed E-state index contributed by atoms with van der Waals surface area (Å²) in [5.41, 5.74) is 3.91. The van der Waals surface area contributed by atoms with E-state index >= 15 is 0 Å². The van der Waals surface area contributed by atoms with E-state index in [-0.39, 0.29) is 10.8 Å². The Kier molecular flexibility index (Phi) is 6.45. The molecule has 1 saturated heterocycles. The van der Waals surface area contributed by atoms with Gasteiger partial charge in [0.2, 0.25) is 15.9 Å². The lowest BCUT2D eigenvalue weighted by molar-refractivity contribution is -0.131. The summed E-state index contributed by atoms with van der Waals surface area (Å²) in [7, 11) is 1.40. The number of hydrogen-bond donors (Lipinski definition) is 0. The molecule has 2 heterocycles. The predicted octanol–water partition coefficient (Wildman–Crippen LogP) is 2.41. The minimum absolute atomic E-state index is 0.127. The minimum atomic E-state index is -3.52. The molecule has 0 bridgehead atoms. The number of carbonyl (C=O) groups is 1. The maximum absolute atomic E-state index is 12.8. The molecule has 0 N–H and O–H groups in total. The van der Waals surface area contributed by atoms with Gasteiger partial charge < -0.3 is 14.4 Å². The van der Waals surface area contributed by atoms with Gasteiger partial charge in [0.15, 0.2) is 0 Å². The molecule has 9 heteroatoms. The summed E-state index contributed by atoms with van der Waals surface area (Å²) in [5, 5.41) is 0. The van der Waals surface area contributed by atoms with Crippen LogP contribution in [0.2, 0.25) is 0 Å². The molecule has 1 amide bonds. The molecule has 0 atom stereocenters. The second-order valence-electron chi connectivity index (χ2n) is 8.73. The Hall–Kier alpha value is -2.91. The third kappa shape index (κ3) is 4.74. The minimum Gasteiger partial charge on any atom is -0.368 e. The van der Waals surface area contributed by atoms with E-state index in [0.717, 1.165) is 24.4 Å². The first kappa shape index (κ1) is 23.3. The molecule has 0 saturated carbocycles. The van der Waals surface area contributed by atoms with Crippen molar-refractivity contribution in [1.29, 1.82) is 0 Å². The molecule has 3 aromatic rings. The van der Waals surface area contributed by atoms with Gasteiger partial charge in [0.25, 0.3) is 0 Å². The number of fused-ring (bicyclic) bond motifs is 1. The third-order valence-electron chi connectivity index (χ3n) is 6.29. The summed E-state index contributed by atoms with van der Waals surface area (Å²) in [6, 6.07) is 13.4.